The van der Waals surface area contributed by atoms with E-state index in [1.807, 2.05) is 32.0 Å². The topological polar surface area (TPSA) is 40.6 Å². The van der Waals surface area contributed by atoms with Crippen LogP contribution in [-0.2, 0) is 0 Å². The average molecular weight is 358 g/mol. The number of benzene rings is 2. The van der Waals surface area contributed by atoms with Gasteiger partial charge in [-0.3, -0.25) is 9.59 Å². The zero-order chi connectivity index (χ0) is 18.8. The van der Waals surface area contributed by atoms with Crippen LogP contribution in [0.3, 0.4) is 0 Å². The van der Waals surface area contributed by atoms with Gasteiger partial charge >= 0.3 is 0 Å². The Morgan fingerprint density at radius 1 is 0.808 bits per heavy atom. The fourth-order valence-electron chi connectivity index (χ4n) is 3.25. The van der Waals surface area contributed by atoms with Gasteiger partial charge < -0.3 is 9.80 Å². The van der Waals surface area contributed by atoms with Crippen molar-refractivity contribution in [3.8, 4) is 0 Å². The summed E-state index contributed by atoms with van der Waals surface area (Å²) in [5, 5.41) is 0. The molecule has 0 spiro atoms. The number of amides is 2. The molecular weight excluding hydrogens is 338 g/mol. The Morgan fingerprint density at radius 3 is 1.77 bits per heavy atom. The fraction of sp³-hybridized carbons (Fsp3) is 0.300. The molecule has 136 valence electrons. The van der Waals surface area contributed by atoms with Crippen LogP contribution in [0.5, 0.6) is 0 Å². The quantitative estimate of drug-likeness (QED) is 0.827. The molecule has 0 saturated carbocycles. The highest BCUT2D eigenvalue weighted by Crippen LogP contribution is 2.17. The van der Waals surface area contributed by atoms with Crippen LogP contribution in [0, 0.1) is 25.5 Å². The van der Waals surface area contributed by atoms with Crippen LogP contribution in [0.15, 0.2) is 36.4 Å². The Balaban J connectivity index is 1.69. The molecule has 0 aliphatic carbocycles. The summed E-state index contributed by atoms with van der Waals surface area (Å²) in [5.41, 5.74) is 2.10. The van der Waals surface area contributed by atoms with Crippen molar-refractivity contribution in [3.05, 3.63) is 70.3 Å². The maximum absolute atomic E-state index is 13.8. The summed E-state index contributed by atoms with van der Waals surface area (Å²) in [4.78, 5) is 28.1. The van der Waals surface area contributed by atoms with Gasteiger partial charge in [0.2, 0.25) is 0 Å². The minimum atomic E-state index is -0.872. The van der Waals surface area contributed by atoms with Gasteiger partial charge in [-0.1, -0.05) is 23.3 Å². The highest BCUT2D eigenvalue weighted by Gasteiger charge is 2.28. The zero-order valence-electron chi connectivity index (χ0n) is 14.8. The minimum Gasteiger partial charge on any atom is -0.335 e. The van der Waals surface area contributed by atoms with Crippen molar-refractivity contribution in [3.63, 3.8) is 0 Å². The third kappa shape index (κ3) is 3.59. The second kappa shape index (κ2) is 7.23. The Bertz CT molecular complexity index is 818. The molecule has 2 aromatic carbocycles. The van der Waals surface area contributed by atoms with Crippen molar-refractivity contribution in [2.45, 2.75) is 13.8 Å². The summed E-state index contributed by atoms with van der Waals surface area (Å²) in [6, 6.07) is 9.02. The molecule has 0 atom stereocenters. The lowest BCUT2D eigenvalue weighted by Crippen LogP contribution is -2.50. The van der Waals surface area contributed by atoms with Gasteiger partial charge in [-0.2, -0.15) is 0 Å². The van der Waals surface area contributed by atoms with E-state index < -0.39 is 23.1 Å². The predicted octanol–water partition coefficient (Wildman–Crippen LogP) is 3.18. The Morgan fingerprint density at radius 2 is 1.27 bits per heavy atom. The molecule has 0 unspecified atom stereocenters. The molecule has 2 aromatic rings. The number of carbonyl (C=O) groups excluding carboxylic acids is 2. The minimum absolute atomic E-state index is 0.0963. The second-order valence-corrected chi connectivity index (χ2v) is 6.56. The maximum Gasteiger partial charge on any atom is 0.259 e. The number of aryl methyl sites for hydroxylation is 2. The van der Waals surface area contributed by atoms with Crippen molar-refractivity contribution in [2.24, 2.45) is 0 Å². The first-order valence-electron chi connectivity index (χ1n) is 8.47. The average Bonchev–Trinajstić information content (AvgIpc) is 2.60. The largest absolute Gasteiger partial charge is 0.335 e. The smallest absolute Gasteiger partial charge is 0.259 e. The zero-order valence-corrected chi connectivity index (χ0v) is 14.8. The van der Waals surface area contributed by atoms with Crippen molar-refractivity contribution >= 4 is 11.8 Å². The predicted molar refractivity (Wildman–Crippen MR) is 94.1 cm³/mol. The van der Waals surface area contributed by atoms with Gasteiger partial charge in [0.15, 0.2) is 0 Å². The molecule has 4 nitrogen and oxygen atoms in total. The normalized spacial score (nSPS) is 14.5. The molecule has 3 rings (SSSR count). The molecule has 0 radical (unpaired) electrons. The molecule has 1 fully saturated rings. The highest BCUT2D eigenvalue weighted by atomic mass is 19.1. The summed E-state index contributed by atoms with van der Waals surface area (Å²) >= 11 is 0. The second-order valence-electron chi connectivity index (χ2n) is 6.56. The number of nitrogens with zero attached hydrogens (tertiary/aromatic N) is 2. The van der Waals surface area contributed by atoms with E-state index in [1.165, 1.54) is 11.0 Å². The number of halogens is 2. The Hall–Kier alpha value is -2.76. The summed E-state index contributed by atoms with van der Waals surface area (Å²) in [7, 11) is 0. The van der Waals surface area contributed by atoms with Crippen LogP contribution in [0.25, 0.3) is 0 Å². The van der Waals surface area contributed by atoms with E-state index in [0.29, 0.717) is 18.7 Å². The number of hydrogen-bond donors (Lipinski definition) is 0. The van der Waals surface area contributed by atoms with E-state index >= 15 is 0 Å². The number of carbonyl (C=O) groups is 2. The van der Waals surface area contributed by atoms with Crippen molar-refractivity contribution in [1.29, 1.82) is 0 Å². The van der Waals surface area contributed by atoms with Gasteiger partial charge in [-0.15, -0.1) is 0 Å². The summed E-state index contributed by atoms with van der Waals surface area (Å²) in [5.74, 6) is -2.52. The lowest BCUT2D eigenvalue weighted by Gasteiger charge is -2.35. The van der Waals surface area contributed by atoms with Gasteiger partial charge in [-0.25, -0.2) is 8.78 Å². The van der Waals surface area contributed by atoms with Crippen molar-refractivity contribution < 1.29 is 18.4 Å². The van der Waals surface area contributed by atoms with E-state index in [1.54, 1.807) is 4.90 Å². The SMILES string of the molecule is Cc1cc(C)cc(C(=O)N2CCN(C(=O)c3c(F)cccc3F)CC2)c1. The van der Waals surface area contributed by atoms with Gasteiger partial charge in [0.25, 0.3) is 11.8 Å². The van der Waals surface area contributed by atoms with Gasteiger partial charge in [0.05, 0.1) is 0 Å². The van der Waals surface area contributed by atoms with Crippen LogP contribution >= 0.6 is 0 Å². The first kappa shape index (κ1) is 18.0. The van der Waals surface area contributed by atoms with E-state index in [4.69, 9.17) is 0 Å². The molecule has 2 amide bonds. The van der Waals surface area contributed by atoms with Gasteiger partial charge in [0.1, 0.15) is 17.2 Å². The van der Waals surface area contributed by atoms with Crippen molar-refractivity contribution in [1.82, 2.24) is 9.80 Å². The van der Waals surface area contributed by atoms with Crippen LogP contribution < -0.4 is 0 Å². The van der Waals surface area contributed by atoms with E-state index in [0.717, 1.165) is 23.3 Å². The van der Waals surface area contributed by atoms with Crippen LogP contribution in [0.2, 0.25) is 0 Å². The fourth-order valence-corrected chi connectivity index (χ4v) is 3.25. The van der Waals surface area contributed by atoms with Crippen LogP contribution in [0.4, 0.5) is 8.78 Å². The maximum atomic E-state index is 13.8. The third-order valence-corrected chi connectivity index (χ3v) is 4.50. The van der Waals surface area contributed by atoms with Gasteiger partial charge in [0, 0.05) is 31.7 Å². The summed E-state index contributed by atoms with van der Waals surface area (Å²) in [6.45, 7) is 5.00. The highest BCUT2D eigenvalue weighted by molar-refractivity contribution is 5.96. The Kier molecular flexibility index (Phi) is 5.02. The molecule has 0 aromatic heterocycles. The third-order valence-electron chi connectivity index (χ3n) is 4.50. The van der Waals surface area contributed by atoms with Gasteiger partial charge in [-0.05, 0) is 38.1 Å². The first-order valence-corrected chi connectivity index (χ1v) is 8.47. The molecular formula is C20H20F2N2O2. The monoisotopic (exact) mass is 358 g/mol. The molecule has 1 saturated heterocycles. The molecule has 6 heteroatoms. The molecule has 1 aliphatic rings. The lowest BCUT2D eigenvalue weighted by molar-refractivity contribution is 0.0530. The standard InChI is InChI=1S/C20H20F2N2O2/c1-13-10-14(2)12-15(11-13)19(25)23-6-8-24(9-7-23)20(26)18-16(21)4-3-5-17(18)22/h3-5,10-12H,6-9H2,1-2H3. The first-order chi connectivity index (χ1) is 12.4. The molecule has 0 bridgehead atoms. The molecule has 26 heavy (non-hydrogen) atoms. The number of hydrogen-bond acceptors (Lipinski definition) is 2. The van der Waals surface area contributed by atoms with E-state index in [2.05, 4.69) is 0 Å². The van der Waals surface area contributed by atoms with Crippen molar-refractivity contribution in [2.75, 3.05) is 26.2 Å². The van der Waals surface area contributed by atoms with Crippen LogP contribution in [-0.4, -0.2) is 47.8 Å². The van der Waals surface area contributed by atoms with E-state index in [-0.39, 0.29) is 19.0 Å². The Labute approximate surface area is 151 Å². The summed E-state index contributed by atoms with van der Waals surface area (Å²) in [6.07, 6.45) is 0. The molecule has 0 N–H and O–H groups in total. The lowest BCUT2D eigenvalue weighted by atomic mass is 10.1. The van der Waals surface area contributed by atoms with E-state index in [9.17, 15) is 18.4 Å². The molecule has 1 aliphatic heterocycles. The number of rotatable bonds is 2. The summed E-state index contributed by atoms with van der Waals surface area (Å²) < 4.78 is 27.6. The van der Waals surface area contributed by atoms with Crippen LogP contribution in [0.1, 0.15) is 31.8 Å². The number of piperazine rings is 1. The molecule has 1 heterocycles.